The van der Waals surface area contributed by atoms with Crippen molar-refractivity contribution in [2.75, 3.05) is 6.61 Å². The lowest BCUT2D eigenvalue weighted by molar-refractivity contribution is 0.292. The highest BCUT2D eigenvalue weighted by Gasteiger charge is 2.24. The monoisotopic (exact) mass is 263 g/mol. The quantitative estimate of drug-likeness (QED) is 0.776. The molecule has 0 spiro atoms. The van der Waals surface area contributed by atoms with Crippen LogP contribution in [0.5, 0.6) is 0 Å². The average molecular weight is 263 g/mol. The van der Waals surface area contributed by atoms with Gasteiger partial charge in [-0.05, 0) is 22.7 Å². The van der Waals surface area contributed by atoms with E-state index in [1.165, 1.54) is 18.8 Å². The molecule has 1 aliphatic heterocycles. The molecule has 1 atom stereocenters. The van der Waals surface area contributed by atoms with E-state index in [1.807, 2.05) is 0 Å². The highest BCUT2D eigenvalue weighted by atomic mass is 31.0. The van der Waals surface area contributed by atoms with Crippen molar-refractivity contribution in [2.24, 2.45) is 10.9 Å². The highest BCUT2D eigenvalue weighted by Crippen LogP contribution is 2.33. The molecule has 1 aromatic rings. The van der Waals surface area contributed by atoms with E-state index in [-0.39, 0.29) is 5.41 Å². The Labute approximate surface area is 112 Å². The molecule has 0 N–H and O–H groups in total. The van der Waals surface area contributed by atoms with Crippen LogP contribution in [0.3, 0.4) is 0 Å². The molecule has 0 aliphatic carbocycles. The van der Waals surface area contributed by atoms with Gasteiger partial charge in [0.25, 0.3) is 0 Å². The smallest absolute Gasteiger partial charge is 0.221 e. The first-order valence-electron chi connectivity index (χ1n) is 6.56. The molecular formula is C15H22NOP. The van der Waals surface area contributed by atoms with Crippen molar-refractivity contribution in [1.82, 2.24) is 0 Å². The Hall–Kier alpha value is -0.880. The van der Waals surface area contributed by atoms with Crippen molar-refractivity contribution in [2.45, 2.75) is 46.1 Å². The van der Waals surface area contributed by atoms with Crippen LogP contribution in [0.1, 0.15) is 45.2 Å². The van der Waals surface area contributed by atoms with Gasteiger partial charge in [-0.1, -0.05) is 54.9 Å². The Morgan fingerprint density at radius 3 is 2.61 bits per heavy atom. The van der Waals surface area contributed by atoms with E-state index >= 15 is 0 Å². The molecule has 0 fully saturated rings. The summed E-state index contributed by atoms with van der Waals surface area (Å²) in [6.07, 6.45) is 0. The van der Waals surface area contributed by atoms with Crippen LogP contribution in [0.2, 0.25) is 0 Å². The molecule has 1 aliphatic rings. The predicted octanol–water partition coefficient (Wildman–Crippen LogP) is 4.37. The normalized spacial score (nSPS) is 20.3. The molecule has 2 nitrogen and oxygen atoms in total. The minimum Gasteiger partial charge on any atom is -0.475 e. The Kier molecular flexibility index (Phi) is 3.77. The molecule has 2 heterocycles. The number of hydrogen-bond donors (Lipinski definition) is 0. The number of hydrogen-bond acceptors (Lipinski definition) is 2. The Morgan fingerprint density at radius 1 is 1.33 bits per heavy atom. The number of nitrogens with zero attached hydrogens (tertiary/aromatic N) is 1. The van der Waals surface area contributed by atoms with Crippen LogP contribution >= 0.6 is 8.19 Å². The minimum atomic E-state index is 0.203. The zero-order valence-electron chi connectivity index (χ0n) is 11.9. The first-order valence-corrected chi connectivity index (χ1v) is 7.46. The lowest BCUT2D eigenvalue weighted by atomic mass is 9.95. The van der Waals surface area contributed by atoms with Gasteiger partial charge in [0.05, 0.1) is 11.3 Å². The molecular weight excluding hydrogens is 241 g/mol. The summed E-state index contributed by atoms with van der Waals surface area (Å²) in [5, 5.41) is 2.62. The molecule has 0 radical (unpaired) electrons. The fraction of sp³-hybridized carbons (Fsp3) is 0.600. The second kappa shape index (κ2) is 5.01. The number of aliphatic imine (C=N–C) groups is 1. The summed E-state index contributed by atoms with van der Waals surface area (Å²) in [6, 6.07) is 6.76. The van der Waals surface area contributed by atoms with Crippen molar-refractivity contribution < 1.29 is 4.74 Å². The van der Waals surface area contributed by atoms with Crippen molar-refractivity contribution in [3.05, 3.63) is 28.8 Å². The fourth-order valence-electron chi connectivity index (χ4n) is 1.84. The Bertz CT molecular complexity index is 460. The largest absolute Gasteiger partial charge is 0.475 e. The van der Waals surface area contributed by atoms with Crippen molar-refractivity contribution in [1.29, 1.82) is 0 Å². The maximum absolute atomic E-state index is 5.75. The van der Waals surface area contributed by atoms with Gasteiger partial charge in [-0.25, -0.2) is 4.99 Å². The molecule has 0 aromatic carbocycles. The van der Waals surface area contributed by atoms with Crippen LogP contribution in [0, 0.1) is 5.92 Å². The van der Waals surface area contributed by atoms with Crippen molar-refractivity contribution >= 4 is 14.1 Å². The van der Waals surface area contributed by atoms with E-state index in [2.05, 4.69) is 52.8 Å². The van der Waals surface area contributed by atoms with E-state index in [4.69, 9.17) is 9.73 Å². The van der Waals surface area contributed by atoms with Crippen LogP contribution in [-0.2, 0) is 10.2 Å². The molecule has 18 heavy (non-hydrogen) atoms. The Morgan fingerprint density at radius 2 is 2.06 bits per heavy atom. The third kappa shape index (κ3) is 2.92. The van der Waals surface area contributed by atoms with Crippen LogP contribution in [0.4, 0.5) is 0 Å². The van der Waals surface area contributed by atoms with Crippen molar-refractivity contribution in [3.63, 3.8) is 0 Å². The molecule has 1 aromatic heterocycles. The lowest BCUT2D eigenvalue weighted by Gasteiger charge is -2.18. The van der Waals surface area contributed by atoms with Gasteiger partial charge >= 0.3 is 0 Å². The molecule has 0 bridgehead atoms. The van der Waals surface area contributed by atoms with Gasteiger partial charge < -0.3 is 4.74 Å². The second-order valence-electron chi connectivity index (χ2n) is 6.21. The topological polar surface area (TPSA) is 21.6 Å². The third-order valence-corrected chi connectivity index (χ3v) is 4.82. The maximum Gasteiger partial charge on any atom is 0.221 e. The van der Waals surface area contributed by atoms with E-state index in [9.17, 15) is 0 Å². The predicted molar refractivity (Wildman–Crippen MR) is 78.8 cm³/mol. The first-order chi connectivity index (χ1) is 8.38. The van der Waals surface area contributed by atoms with Gasteiger partial charge in [-0.15, -0.1) is 0 Å². The van der Waals surface area contributed by atoms with Crippen LogP contribution in [0.15, 0.2) is 23.2 Å². The summed E-state index contributed by atoms with van der Waals surface area (Å²) in [6.45, 7) is 11.9. The van der Waals surface area contributed by atoms with Gasteiger partial charge in [-0.2, -0.15) is 0 Å². The molecule has 0 saturated heterocycles. The van der Waals surface area contributed by atoms with E-state index in [1.54, 1.807) is 0 Å². The third-order valence-electron chi connectivity index (χ3n) is 3.18. The summed E-state index contributed by atoms with van der Waals surface area (Å²) < 4.78 is 5.75. The minimum absolute atomic E-state index is 0.203. The van der Waals surface area contributed by atoms with Crippen LogP contribution < -0.4 is 0 Å². The van der Waals surface area contributed by atoms with Gasteiger partial charge in [-0.3, -0.25) is 0 Å². The zero-order valence-corrected chi connectivity index (χ0v) is 12.8. The van der Waals surface area contributed by atoms with Gasteiger partial charge in [0.2, 0.25) is 5.90 Å². The number of ether oxygens (including phenoxy) is 1. The average Bonchev–Trinajstić information content (AvgIpc) is 2.77. The molecule has 2 rings (SSSR count). The summed E-state index contributed by atoms with van der Waals surface area (Å²) in [5.74, 6) is 1.39. The summed E-state index contributed by atoms with van der Waals surface area (Å²) in [7, 11) is 1.24. The first kappa shape index (κ1) is 13.5. The maximum atomic E-state index is 5.75. The molecule has 0 amide bonds. The lowest BCUT2D eigenvalue weighted by Crippen LogP contribution is -2.13. The second-order valence-corrected chi connectivity index (χ2v) is 7.40. The molecule has 3 heteroatoms. The zero-order chi connectivity index (χ0) is 13.3. The summed E-state index contributed by atoms with van der Waals surface area (Å²) in [5.41, 5.74) is 0.203. The van der Waals surface area contributed by atoms with Gasteiger partial charge in [0, 0.05) is 0 Å². The molecule has 98 valence electrons. The van der Waals surface area contributed by atoms with Crippen molar-refractivity contribution in [3.8, 4) is 0 Å². The number of rotatable bonds is 2. The van der Waals surface area contributed by atoms with E-state index in [0.29, 0.717) is 12.0 Å². The highest BCUT2D eigenvalue weighted by molar-refractivity contribution is 7.33. The van der Waals surface area contributed by atoms with Crippen LogP contribution in [-0.4, -0.2) is 18.5 Å². The fourth-order valence-corrected chi connectivity index (χ4v) is 2.98. The molecule has 0 unspecified atom stereocenters. The SMILES string of the molecule is CC(C)[C@H]1COC(c2cccc(C(C)(C)C)p2)=N1. The summed E-state index contributed by atoms with van der Waals surface area (Å²) in [4.78, 5) is 4.70. The van der Waals surface area contributed by atoms with E-state index < -0.39 is 0 Å². The van der Waals surface area contributed by atoms with E-state index in [0.717, 1.165) is 12.5 Å². The molecule has 0 saturated carbocycles. The van der Waals surface area contributed by atoms with Gasteiger partial charge in [0.1, 0.15) is 6.61 Å². The van der Waals surface area contributed by atoms with Gasteiger partial charge in [0.15, 0.2) is 0 Å². The summed E-state index contributed by atoms with van der Waals surface area (Å²) >= 11 is 0. The Balaban J connectivity index is 2.28. The van der Waals surface area contributed by atoms with Crippen LogP contribution in [0.25, 0.3) is 0 Å². The standard InChI is InChI=1S/C15H22NOP/c1-10(2)11-9-17-14(16-11)12-7-6-8-13(18-12)15(3,4)5/h6-8,10-11H,9H2,1-5H3/t11-/m1/s1.